The lowest BCUT2D eigenvalue weighted by molar-refractivity contribution is 0.0215. The highest BCUT2D eigenvalue weighted by Crippen LogP contribution is 2.36. The first-order valence-corrected chi connectivity index (χ1v) is 9.16. The number of nitrogens with one attached hydrogen (secondary N) is 2. The number of piperidine rings is 3. The maximum Gasteiger partial charge on any atom is 0.170 e. The van der Waals surface area contributed by atoms with Crippen molar-refractivity contribution in [2.45, 2.75) is 18.9 Å². The Bertz CT molecular complexity index is 584. The van der Waals surface area contributed by atoms with Crippen LogP contribution in [0.2, 0.25) is 0 Å². The van der Waals surface area contributed by atoms with Crippen molar-refractivity contribution in [3.8, 4) is 0 Å². The minimum Gasteiger partial charge on any atom is -0.378 e. The smallest absolute Gasteiger partial charge is 0.170 e. The third-order valence-corrected chi connectivity index (χ3v) is 5.62. The van der Waals surface area contributed by atoms with Crippen LogP contribution in [0.5, 0.6) is 0 Å². The van der Waals surface area contributed by atoms with Crippen LogP contribution in [-0.2, 0) is 0 Å². The monoisotopic (exact) mass is 344 g/mol. The number of anilines is 2. The van der Waals surface area contributed by atoms with Crippen LogP contribution in [0.3, 0.4) is 0 Å². The Labute approximate surface area is 150 Å². The third kappa shape index (κ3) is 3.90. The van der Waals surface area contributed by atoms with Crippen LogP contribution in [-0.4, -0.2) is 49.8 Å². The summed E-state index contributed by atoms with van der Waals surface area (Å²) in [4.78, 5) is 4.68. The number of benzene rings is 1. The van der Waals surface area contributed by atoms with Crippen LogP contribution < -0.4 is 15.5 Å². The van der Waals surface area contributed by atoms with Crippen molar-refractivity contribution >= 4 is 28.7 Å². The molecule has 3 aliphatic rings. The SMILES string of the molecule is C=CC1CN2CCC1CC2CNC(=S)Nc1ccc(N(C)C)cc1. The largest absolute Gasteiger partial charge is 0.378 e. The third-order valence-electron chi connectivity index (χ3n) is 5.37. The van der Waals surface area contributed by atoms with E-state index in [0.717, 1.165) is 24.7 Å². The van der Waals surface area contributed by atoms with E-state index >= 15 is 0 Å². The zero-order valence-corrected chi connectivity index (χ0v) is 15.5. The fourth-order valence-corrected chi connectivity index (χ4v) is 4.09. The first kappa shape index (κ1) is 17.2. The normalized spacial score (nSPS) is 28.2. The Balaban J connectivity index is 1.47. The summed E-state index contributed by atoms with van der Waals surface area (Å²) in [5.41, 5.74) is 2.21. The zero-order valence-electron chi connectivity index (χ0n) is 14.7. The van der Waals surface area contributed by atoms with Gasteiger partial charge in [0.2, 0.25) is 0 Å². The Kier molecular flexibility index (Phi) is 5.41. The molecule has 3 aliphatic heterocycles. The molecule has 2 N–H and O–H groups in total. The van der Waals surface area contributed by atoms with Gasteiger partial charge in [-0.15, -0.1) is 6.58 Å². The predicted molar refractivity (Wildman–Crippen MR) is 107 cm³/mol. The highest BCUT2D eigenvalue weighted by molar-refractivity contribution is 7.80. The van der Waals surface area contributed by atoms with Gasteiger partial charge in [-0.3, -0.25) is 4.90 Å². The highest BCUT2D eigenvalue weighted by atomic mass is 32.1. The van der Waals surface area contributed by atoms with E-state index in [1.54, 1.807) is 0 Å². The van der Waals surface area contributed by atoms with E-state index in [1.165, 1.54) is 25.1 Å². The highest BCUT2D eigenvalue weighted by Gasteiger charge is 2.38. The van der Waals surface area contributed by atoms with Crippen LogP contribution in [0.1, 0.15) is 12.8 Å². The molecule has 24 heavy (non-hydrogen) atoms. The minimum absolute atomic E-state index is 0.593. The van der Waals surface area contributed by atoms with E-state index in [-0.39, 0.29) is 0 Å². The molecule has 1 aromatic rings. The van der Waals surface area contributed by atoms with Crippen LogP contribution in [0.25, 0.3) is 0 Å². The molecule has 4 unspecified atom stereocenters. The first-order chi connectivity index (χ1) is 11.6. The molecule has 1 aromatic carbocycles. The van der Waals surface area contributed by atoms with Gasteiger partial charge in [0.15, 0.2) is 5.11 Å². The zero-order chi connectivity index (χ0) is 17.1. The van der Waals surface area contributed by atoms with E-state index in [2.05, 4.69) is 57.4 Å². The molecule has 130 valence electrons. The summed E-state index contributed by atoms with van der Waals surface area (Å²) in [7, 11) is 4.08. The summed E-state index contributed by atoms with van der Waals surface area (Å²) in [6.07, 6.45) is 4.71. The van der Waals surface area contributed by atoms with Gasteiger partial charge in [-0.2, -0.15) is 0 Å². The van der Waals surface area contributed by atoms with E-state index in [9.17, 15) is 0 Å². The van der Waals surface area contributed by atoms with E-state index in [1.807, 2.05) is 14.1 Å². The molecule has 4 nitrogen and oxygen atoms in total. The number of nitrogens with zero attached hydrogens (tertiary/aromatic N) is 2. The van der Waals surface area contributed by atoms with Crippen molar-refractivity contribution in [2.24, 2.45) is 11.8 Å². The van der Waals surface area contributed by atoms with Gasteiger partial charge in [-0.05, 0) is 67.7 Å². The van der Waals surface area contributed by atoms with Gasteiger partial charge in [-0.25, -0.2) is 0 Å². The van der Waals surface area contributed by atoms with E-state index in [0.29, 0.717) is 17.1 Å². The lowest BCUT2D eigenvalue weighted by Crippen LogP contribution is -2.56. The molecule has 3 saturated heterocycles. The Morgan fingerprint density at radius 1 is 1.38 bits per heavy atom. The average molecular weight is 345 g/mol. The van der Waals surface area contributed by atoms with Crippen LogP contribution >= 0.6 is 12.2 Å². The van der Waals surface area contributed by atoms with Crippen molar-refractivity contribution in [3.05, 3.63) is 36.9 Å². The summed E-state index contributed by atoms with van der Waals surface area (Å²) in [6, 6.07) is 8.89. The maximum absolute atomic E-state index is 5.45. The van der Waals surface area contributed by atoms with Crippen LogP contribution in [0.4, 0.5) is 11.4 Å². The topological polar surface area (TPSA) is 30.5 Å². The molecule has 5 heteroatoms. The van der Waals surface area contributed by atoms with Gasteiger partial charge in [-0.1, -0.05) is 6.08 Å². The summed E-state index contributed by atoms with van der Waals surface area (Å²) in [5, 5.41) is 7.38. The maximum atomic E-state index is 5.45. The summed E-state index contributed by atoms with van der Waals surface area (Å²) >= 11 is 5.45. The Hall–Kier alpha value is -1.59. The van der Waals surface area contributed by atoms with Crippen molar-refractivity contribution in [1.29, 1.82) is 0 Å². The van der Waals surface area contributed by atoms with Crippen LogP contribution in [0.15, 0.2) is 36.9 Å². The Morgan fingerprint density at radius 2 is 2.12 bits per heavy atom. The molecular weight excluding hydrogens is 316 g/mol. The molecule has 0 saturated carbocycles. The lowest BCUT2D eigenvalue weighted by atomic mass is 9.76. The summed E-state index contributed by atoms with van der Waals surface area (Å²) in [6.45, 7) is 7.28. The minimum atomic E-state index is 0.593. The van der Waals surface area contributed by atoms with Crippen LogP contribution in [0, 0.1) is 11.8 Å². The molecule has 0 aliphatic carbocycles. The molecule has 4 atom stereocenters. The van der Waals surface area contributed by atoms with Gasteiger partial charge in [0.05, 0.1) is 0 Å². The summed E-state index contributed by atoms with van der Waals surface area (Å²) in [5.74, 6) is 1.48. The molecule has 0 radical (unpaired) electrons. The van der Waals surface area contributed by atoms with Gasteiger partial charge in [0, 0.05) is 44.6 Å². The number of thiocarbonyl (C=S) groups is 1. The van der Waals surface area contributed by atoms with Crippen molar-refractivity contribution in [3.63, 3.8) is 0 Å². The van der Waals surface area contributed by atoms with Gasteiger partial charge in [0.25, 0.3) is 0 Å². The molecule has 0 amide bonds. The predicted octanol–water partition coefficient (Wildman–Crippen LogP) is 2.94. The fraction of sp³-hybridized carbons (Fsp3) is 0.526. The van der Waals surface area contributed by atoms with E-state index in [4.69, 9.17) is 12.2 Å². The second-order valence-electron chi connectivity index (χ2n) is 7.11. The summed E-state index contributed by atoms with van der Waals surface area (Å²) < 4.78 is 0. The van der Waals surface area contributed by atoms with Crippen molar-refractivity contribution < 1.29 is 0 Å². The number of hydrogen-bond donors (Lipinski definition) is 2. The Morgan fingerprint density at radius 3 is 2.71 bits per heavy atom. The second kappa shape index (κ2) is 7.53. The molecule has 3 fully saturated rings. The number of rotatable bonds is 5. The molecule has 3 heterocycles. The standard InChI is InChI=1S/C19H28N4S/c1-4-14-13-23-10-9-15(14)11-18(23)12-20-19(24)21-16-5-7-17(8-6-16)22(2)3/h4-8,14-15,18H,1,9-13H2,2-3H3,(H2,20,21,24). The lowest BCUT2D eigenvalue weighted by Gasteiger charge is -2.49. The molecule has 0 spiro atoms. The quantitative estimate of drug-likeness (QED) is 0.633. The van der Waals surface area contributed by atoms with E-state index < -0.39 is 0 Å². The average Bonchev–Trinajstić information content (AvgIpc) is 2.60. The van der Waals surface area contributed by atoms with Gasteiger partial charge < -0.3 is 15.5 Å². The van der Waals surface area contributed by atoms with Crippen molar-refractivity contribution in [1.82, 2.24) is 10.2 Å². The first-order valence-electron chi connectivity index (χ1n) is 8.75. The van der Waals surface area contributed by atoms with Gasteiger partial charge >= 0.3 is 0 Å². The van der Waals surface area contributed by atoms with Gasteiger partial charge in [0.1, 0.15) is 0 Å². The molecule has 0 aromatic heterocycles. The molecule has 2 bridgehead atoms. The molecular formula is C19H28N4S. The second-order valence-corrected chi connectivity index (χ2v) is 7.52. The number of hydrogen-bond acceptors (Lipinski definition) is 3. The number of fused-ring (bicyclic) bond motifs is 3. The van der Waals surface area contributed by atoms with Crippen molar-refractivity contribution in [2.75, 3.05) is 43.9 Å². The molecule has 4 rings (SSSR count). The fourth-order valence-electron chi connectivity index (χ4n) is 3.89.